The second-order valence-electron chi connectivity index (χ2n) is 4.56. The number of carbonyl (C=O) groups excluding carboxylic acids is 2. The van der Waals surface area contributed by atoms with Crippen molar-refractivity contribution in [2.75, 3.05) is 39.9 Å². The molecule has 8 heteroatoms. The Bertz CT molecular complexity index is 411. The molecule has 0 spiro atoms. The highest BCUT2D eigenvalue weighted by Gasteiger charge is 2.29. The van der Waals surface area contributed by atoms with Gasteiger partial charge in [0.15, 0.2) is 0 Å². The van der Waals surface area contributed by atoms with Crippen molar-refractivity contribution >= 4 is 18.0 Å². The second kappa shape index (κ2) is 8.25. The van der Waals surface area contributed by atoms with E-state index in [1.165, 1.54) is 23.0 Å². The Morgan fingerprint density at radius 2 is 2.24 bits per heavy atom. The molecular formula is C13H20N2O6. The summed E-state index contributed by atoms with van der Waals surface area (Å²) < 4.78 is 9.97. The van der Waals surface area contributed by atoms with Gasteiger partial charge in [-0.3, -0.25) is 9.59 Å². The molecule has 0 saturated carbocycles. The fourth-order valence-electron chi connectivity index (χ4n) is 2.02. The molecule has 1 atom stereocenters. The minimum atomic E-state index is -1.09. The number of carbonyl (C=O) groups is 3. The predicted octanol–water partition coefficient (Wildman–Crippen LogP) is -0.0571. The van der Waals surface area contributed by atoms with Crippen LogP contribution in [0.4, 0.5) is 4.79 Å². The summed E-state index contributed by atoms with van der Waals surface area (Å²) in [6.45, 7) is 4.12. The quantitative estimate of drug-likeness (QED) is 0.545. The molecule has 0 aliphatic carbocycles. The highest BCUT2D eigenvalue weighted by atomic mass is 16.5. The predicted molar refractivity (Wildman–Crippen MR) is 72.7 cm³/mol. The van der Waals surface area contributed by atoms with Crippen LogP contribution >= 0.6 is 0 Å². The van der Waals surface area contributed by atoms with Crippen LogP contribution in [0.5, 0.6) is 0 Å². The summed E-state index contributed by atoms with van der Waals surface area (Å²) in [5.74, 6) is -1.51. The van der Waals surface area contributed by atoms with E-state index in [-0.39, 0.29) is 19.5 Å². The van der Waals surface area contributed by atoms with E-state index in [0.29, 0.717) is 13.2 Å². The topological polar surface area (TPSA) is 96.4 Å². The van der Waals surface area contributed by atoms with E-state index >= 15 is 0 Å². The number of amides is 2. The summed E-state index contributed by atoms with van der Waals surface area (Å²) in [5, 5.41) is 8.83. The third-order valence-corrected chi connectivity index (χ3v) is 2.98. The van der Waals surface area contributed by atoms with Crippen LogP contribution < -0.4 is 0 Å². The van der Waals surface area contributed by atoms with Crippen molar-refractivity contribution in [1.29, 1.82) is 0 Å². The minimum Gasteiger partial charge on any atom is -0.480 e. The fourth-order valence-corrected chi connectivity index (χ4v) is 2.02. The summed E-state index contributed by atoms with van der Waals surface area (Å²) in [5.41, 5.74) is 0. The number of carboxylic acids is 1. The summed E-state index contributed by atoms with van der Waals surface area (Å²) in [7, 11) is 1.28. The van der Waals surface area contributed by atoms with E-state index in [0.717, 1.165) is 0 Å². The van der Waals surface area contributed by atoms with Crippen LogP contribution in [0, 0.1) is 0 Å². The fraction of sp³-hybridized carbons (Fsp3) is 0.615. The average molecular weight is 300 g/mol. The standard InChI is InChI=1S/C13H20N2O6/c1-3-4-14(9-11(16)17)13(19)15-5-6-21-10(8-15)7-12(18)20-2/h3,10H,1,4-9H2,2H3,(H,16,17). The maximum Gasteiger partial charge on any atom is 0.323 e. The van der Waals surface area contributed by atoms with Crippen molar-refractivity contribution in [2.45, 2.75) is 12.5 Å². The van der Waals surface area contributed by atoms with Crippen molar-refractivity contribution in [3.63, 3.8) is 0 Å². The van der Waals surface area contributed by atoms with E-state index in [2.05, 4.69) is 11.3 Å². The van der Waals surface area contributed by atoms with Crippen LogP contribution in [-0.4, -0.2) is 78.9 Å². The van der Waals surface area contributed by atoms with Gasteiger partial charge in [0.1, 0.15) is 6.54 Å². The van der Waals surface area contributed by atoms with Crippen LogP contribution in [0.1, 0.15) is 6.42 Å². The molecule has 0 aromatic carbocycles. The van der Waals surface area contributed by atoms with Crippen molar-refractivity contribution in [2.24, 2.45) is 0 Å². The lowest BCUT2D eigenvalue weighted by atomic mass is 10.2. The molecule has 1 aliphatic rings. The molecule has 1 heterocycles. The number of ether oxygens (including phenoxy) is 2. The molecule has 8 nitrogen and oxygen atoms in total. The lowest BCUT2D eigenvalue weighted by Gasteiger charge is -2.35. The number of hydrogen-bond acceptors (Lipinski definition) is 5. The lowest BCUT2D eigenvalue weighted by molar-refractivity contribution is -0.145. The number of methoxy groups -OCH3 is 1. The Kier molecular flexibility index (Phi) is 6.67. The molecule has 0 aromatic heterocycles. The number of esters is 1. The second-order valence-corrected chi connectivity index (χ2v) is 4.56. The molecule has 21 heavy (non-hydrogen) atoms. The minimum absolute atomic E-state index is 0.0562. The van der Waals surface area contributed by atoms with Crippen molar-refractivity contribution in [1.82, 2.24) is 9.80 Å². The van der Waals surface area contributed by atoms with Crippen LogP contribution in [0.15, 0.2) is 12.7 Å². The van der Waals surface area contributed by atoms with Crippen molar-refractivity contribution in [3.8, 4) is 0 Å². The largest absolute Gasteiger partial charge is 0.480 e. The first-order valence-electron chi connectivity index (χ1n) is 6.52. The Balaban J connectivity index is 2.64. The average Bonchev–Trinajstić information content (AvgIpc) is 2.45. The van der Waals surface area contributed by atoms with Crippen molar-refractivity contribution < 1.29 is 29.0 Å². The highest BCUT2D eigenvalue weighted by Crippen LogP contribution is 2.12. The monoisotopic (exact) mass is 300 g/mol. The van der Waals surface area contributed by atoms with Crippen LogP contribution in [0.2, 0.25) is 0 Å². The molecule has 1 aliphatic heterocycles. The highest BCUT2D eigenvalue weighted by molar-refractivity contribution is 5.80. The van der Waals surface area contributed by atoms with E-state index < -0.39 is 30.6 Å². The zero-order valence-electron chi connectivity index (χ0n) is 12.0. The molecule has 1 rings (SSSR count). The van der Waals surface area contributed by atoms with Gasteiger partial charge < -0.3 is 24.4 Å². The van der Waals surface area contributed by atoms with Gasteiger partial charge >= 0.3 is 18.0 Å². The third-order valence-electron chi connectivity index (χ3n) is 2.98. The number of nitrogens with zero attached hydrogens (tertiary/aromatic N) is 2. The van der Waals surface area contributed by atoms with Crippen LogP contribution in [0.25, 0.3) is 0 Å². The molecule has 0 bridgehead atoms. The van der Waals surface area contributed by atoms with Crippen LogP contribution in [-0.2, 0) is 19.1 Å². The first-order chi connectivity index (χ1) is 9.97. The first kappa shape index (κ1) is 17.0. The Hall–Kier alpha value is -2.09. The molecule has 1 fully saturated rings. The van der Waals surface area contributed by atoms with Gasteiger partial charge in [-0.05, 0) is 0 Å². The van der Waals surface area contributed by atoms with Crippen LogP contribution in [0.3, 0.4) is 0 Å². The van der Waals surface area contributed by atoms with E-state index in [1.54, 1.807) is 0 Å². The van der Waals surface area contributed by atoms with Crippen molar-refractivity contribution in [3.05, 3.63) is 12.7 Å². The molecule has 1 saturated heterocycles. The maximum absolute atomic E-state index is 12.3. The summed E-state index contributed by atoms with van der Waals surface area (Å²) in [4.78, 5) is 37.0. The number of rotatable bonds is 6. The van der Waals surface area contributed by atoms with Gasteiger partial charge in [0.05, 0.1) is 26.2 Å². The van der Waals surface area contributed by atoms with E-state index in [9.17, 15) is 14.4 Å². The smallest absolute Gasteiger partial charge is 0.323 e. The Labute approximate surface area is 122 Å². The van der Waals surface area contributed by atoms with Gasteiger partial charge in [-0.15, -0.1) is 6.58 Å². The number of hydrogen-bond donors (Lipinski definition) is 1. The molecule has 1 unspecified atom stereocenters. The van der Waals surface area contributed by atoms with Gasteiger partial charge in [-0.2, -0.15) is 0 Å². The molecule has 0 radical (unpaired) electrons. The lowest BCUT2D eigenvalue weighted by Crippen LogP contribution is -2.52. The van der Waals surface area contributed by atoms with Gasteiger partial charge in [-0.25, -0.2) is 4.79 Å². The number of urea groups is 1. The normalized spacial score (nSPS) is 18.0. The third kappa shape index (κ3) is 5.42. The number of aliphatic carboxylic acids is 1. The Morgan fingerprint density at radius 1 is 1.52 bits per heavy atom. The summed E-state index contributed by atoms with van der Waals surface area (Å²) in [6.07, 6.45) is 1.08. The molecule has 1 N–H and O–H groups in total. The molecule has 2 amide bonds. The summed E-state index contributed by atoms with van der Waals surface area (Å²) >= 11 is 0. The van der Waals surface area contributed by atoms with Gasteiger partial charge in [0.2, 0.25) is 0 Å². The molecule has 118 valence electrons. The molecule has 0 aromatic rings. The number of carboxylic acid groups (broad SMARTS) is 1. The first-order valence-corrected chi connectivity index (χ1v) is 6.52. The van der Waals surface area contributed by atoms with Gasteiger partial charge in [0, 0.05) is 19.6 Å². The Morgan fingerprint density at radius 3 is 2.81 bits per heavy atom. The van der Waals surface area contributed by atoms with Gasteiger partial charge in [0.25, 0.3) is 0 Å². The van der Waals surface area contributed by atoms with E-state index in [1.807, 2.05) is 0 Å². The van der Waals surface area contributed by atoms with Gasteiger partial charge in [-0.1, -0.05) is 6.08 Å². The number of morpholine rings is 1. The zero-order chi connectivity index (χ0) is 15.8. The SMILES string of the molecule is C=CCN(CC(=O)O)C(=O)N1CCOC(CC(=O)OC)C1. The molecular weight excluding hydrogens is 280 g/mol. The summed E-state index contributed by atoms with van der Waals surface area (Å²) in [6, 6.07) is -0.407. The zero-order valence-corrected chi connectivity index (χ0v) is 12.0. The maximum atomic E-state index is 12.3. The van der Waals surface area contributed by atoms with E-state index in [4.69, 9.17) is 9.84 Å².